The lowest BCUT2D eigenvalue weighted by Gasteiger charge is -2.05. The standard InChI is InChI=1S/C15H14O2.2CHNO/c1-12(16)11-13-7-9-15(10-8-13)17-14-5-3-2-4-6-14;2*2-1-3/h2-10H,11H2,1H3;2*2H. The summed E-state index contributed by atoms with van der Waals surface area (Å²) in [6.07, 6.45) is 1.98. The van der Waals surface area contributed by atoms with E-state index < -0.39 is 0 Å². The minimum absolute atomic E-state index is 0.168. The lowest BCUT2D eigenvalue weighted by molar-refractivity contribution is -0.116. The summed E-state index contributed by atoms with van der Waals surface area (Å²) in [6, 6.07) is 17.2. The highest BCUT2D eigenvalue weighted by Gasteiger charge is 1.99. The van der Waals surface area contributed by atoms with E-state index in [4.69, 9.17) is 25.1 Å². The van der Waals surface area contributed by atoms with Crippen molar-refractivity contribution in [3.05, 3.63) is 60.2 Å². The van der Waals surface area contributed by atoms with Crippen LogP contribution in [0.5, 0.6) is 11.5 Å². The number of para-hydroxylation sites is 1. The van der Waals surface area contributed by atoms with Crippen LogP contribution in [0.25, 0.3) is 0 Å². The maximum atomic E-state index is 11.0. The summed E-state index contributed by atoms with van der Waals surface area (Å²) in [5, 5.41) is 10.8. The van der Waals surface area contributed by atoms with E-state index in [1.165, 1.54) is 0 Å². The molecular formula is C17H16N2O4. The smallest absolute Gasteiger partial charge is 0.231 e. The molecule has 0 amide bonds. The van der Waals surface area contributed by atoms with Crippen LogP contribution in [0.15, 0.2) is 54.6 Å². The molecule has 2 aromatic carbocycles. The molecule has 0 bridgehead atoms. The first-order valence-electron chi connectivity index (χ1n) is 6.46. The zero-order valence-electron chi connectivity index (χ0n) is 12.5. The van der Waals surface area contributed by atoms with E-state index in [0.717, 1.165) is 29.2 Å². The third-order valence-electron chi connectivity index (χ3n) is 2.36. The topological polar surface area (TPSA) is 108 Å². The van der Waals surface area contributed by atoms with Gasteiger partial charge in [-0.3, -0.25) is 4.79 Å². The Balaban J connectivity index is 0.000000704. The Hall–Kier alpha value is -3.33. The van der Waals surface area contributed by atoms with E-state index >= 15 is 0 Å². The Kier molecular flexibility index (Phi) is 10.6. The van der Waals surface area contributed by atoms with Crippen LogP contribution in [0.1, 0.15) is 12.5 Å². The van der Waals surface area contributed by atoms with Crippen molar-refractivity contribution >= 4 is 17.9 Å². The first-order valence-corrected chi connectivity index (χ1v) is 6.46. The minimum atomic E-state index is 0.168. The Labute approximate surface area is 133 Å². The maximum absolute atomic E-state index is 11.0. The molecule has 0 fully saturated rings. The fourth-order valence-corrected chi connectivity index (χ4v) is 1.59. The molecule has 0 aliphatic carbocycles. The van der Waals surface area contributed by atoms with Gasteiger partial charge in [-0.25, -0.2) is 20.4 Å². The molecule has 2 N–H and O–H groups in total. The van der Waals surface area contributed by atoms with Crippen molar-refractivity contribution < 1.29 is 19.1 Å². The third kappa shape index (κ3) is 10.1. The highest BCUT2D eigenvalue weighted by Crippen LogP contribution is 2.21. The van der Waals surface area contributed by atoms with Gasteiger partial charge in [-0.1, -0.05) is 30.3 Å². The number of carbonyl (C=O) groups is 1. The molecule has 2 rings (SSSR count). The second kappa shape index (κ2) is 12.4. The van der Waals surface area contributed by atoms with Crippen molar-refractivity contribution in [2.75, 3.05) is 0 Å². The zero-order chi connectivity index (χ0) is 17.5. The van der Waals surface area contributed by atoms with Crippen LogP contribution < -0.4 is 4.74 Å². The van der Waals surface area contributed by atoms with Gasteiger partial charge >= 0.3 is 0 Å². The number of benzene rings is 2. The van der Waals surface area contributed by atoms with Gasteiger partial charge in [0.25, 0.3) is 0 Å². The quantitative estimate of drug-likeness (QED) is 0.666. The molecule has 0 unspecified atom stereocenters. The van der Waals surface area contributed by atoms with Gasteiger partial charge in [-0.15, -0.1) is 0 Å². The van der Waals surface area contributed by atoms with Gasteiger partial charge in [-0.05, 0) is 36.8 Å². The first kappa shape index (κ1) is 19.7. The molecule has 0 radical (unpaired) electrons. The Morgan fingerprint density at radius 2 is 1.35 bits per heavy atom. The second-order valence-electron chi connectivity index (χ2n) is 4.14. The van der Waals surface area contributed by atoms with Gasteiger partial charge < -0.3 is 4.74 Å². The van der Waals surface area contributed by atoms with Crippen molar-refractivity contribution in [1.82, 2.24) is 0 Å². The second-order valence-corrected chi connectivity index (χ2v) is 4.14. The summed E-state index contributed by atoms with van der Waals surface area (Å²) in [4.78, 5) is 27.7. The molecule has 118 valence electrons. The van der Waals surface area contributed by atoms with Gasteiger partial charge in [0.1, 0.15) is 17.3 Å². The maximum Gasteiger partial charge on any atom is 0.231 e. The third-order valence-corrected chi connectivity index (χ3v) is 2.36. The number of Topliss-reactive ketones (excluding diaryl/α,β-unsaturated/α-hetero) is 1. The SMILES string of the molecule is CC(=O)Cc1ccc(Oc2ccccc2)cc1.N=C=O.N=C=O. The zero-order valence-corrected chi connectivity index (χ0v) is 12.5. The number of rotatable bonds is 4. The molecule has 0 aliphatic rings. The molecule has 0 spiro atoms. The van der Waals surface area contributed by atoms with Crippen molar-refractivity contribution in [2.45, 2.75) is 13.3 Å². The predicted octanol–water partition coefficient (Wildman–Crippen LogP) is 3.41. The number of carbonyl (C=O) groups excluding carboxylic acids is 3. The summed E-state index contributed by atoms with van der Waals surface area (Å²) in [5.41, 5.74) is 1.01. The van der Waals surface area contributed by atoms with Crippen LogP contribution in [0.4, 0.5) is 0 Å². The molecule has 0 saturated carbocycles. The molecule has 0 aliphatic heterocycles. The number of hydrogen-bond acceptors (Lipinski definition) is 6. The van der Waals surface area contributed by atoms with E-state index in [2.05, 4.69) is 0 Å². The number of ketones is 1. The highest BCUT2D eigenvalue weighted by atomic mass is 16.5. The molecule has 0 heterocycles. The van der Waals surface area contributed by atoms with Gasteiger partial charge in [0, 0.05) is 6.42 Å². The van der Waals surface area contributed by atoms with Crippen LogP contribution in [0.3, 0.4) is 0 Å². The van der Waals surface area contributed by atoms with Crippen molar-refractivity contribution in [1.29, 1.82) is 10.8 Å². The van der Waals surface area contributed by atoms with E-state index in [1.807, 2.05) is 54.6 Å². The number of nitrogens with one attached hydrogen (secondary N) is 2. The van der Waals surface area contributed by atoms with Crippen molar-refractivity contribution in [3.8, 4) is 11.5 Å². The fraction of sp³-hybridized carbons (Fsp3) is 0.118. The highest BCUT2D eigenvalue weighted by molar-refractivity contribution is 5.78. The average molecular weight is 312 g/mol. The summed E-state index contributed by atoms with van der Waals surface area (Å²) >= 11 is 0. The van der Waals surface area contributed by atoms with Crippen LogP contribution in [-0.2, 0) is 20.8 Å². The van der Waals surface area contributed by atoms with Crippen LogP contribution >= 0.6 is 0 Å². The minimum Gasteiger partial charge on any atom is -0.457 e. The summed E-state index contributed by atoms with van der Waals surface area (Å²) in [5.74, 6) is 1.76. The first-order chi connectivity index (χ1) is 11.1. The number of hydrogen-bond donors (Lipinski definition) is 2. The van der Waals surface area contributed by atoms with Gasteiger partial charge in [0.15, 0.2) is 0 Å². The molecule has 6 nitrogen and oxygen atoms in total. The van der Waals surface area contributed by atoms with Crippen LogP contribution in [0, 0.1) is 10.8 Å². The molecule has 23 heavy (non-hydrogen) atoms. The molecule has 6 heteroatoms. The van der Waals surface area contributed by atoms with E-state index in [-0.39, 0.29) is 5.78 Å². The summed E-state index contributed by atoms with van der Waals surface area (Å²) < 4.78 is 5.65. The lowest BCUT2D eigenvalue weighted by atomic mass is 10.1. The number of isocyanates is 2. The fourth-order valence-electron chi connectivity index (χ4n) is 1.59. The predicted molar refractivity (Wildman–Crippen MR) is 84.2 cm³/mol. The van der Waals surface area contributed by atoms with E-state index in [1.54, 1.807) is 6.92 Å². The van der Waals surface area contributed by atoms with Crippen LogP contribution in [-0.4, -0.2) is 17.9 Å². The van der Waals surface area contributed by atoms with Crippen molar-refractivity contribution in [2.24, 2.45) is 0 Å². The number of ether oxygens (including phenoxy) is 1. The normalized spacial score (nSPS) is 8.04. The van der Waals surface area contributed by atoms with Gasteiger partial charge in [0.2, 0.25) is 12.2 Å². The van der Waals surface area contributed by atoms with Gasteiger partial charge in [-0.2, -0.15) is 0 Å². The molecule has 0 atom stereocenters. The molecule has 0 saturated heterocycles. The Morgan fingerprint density at radius 3 is 1.78 bits per heavy atom. The molecule has 0 aromatic heterocycles. The van der Waals surface area contributed by atoms with Gasteiger partial charge in [0.05, 0.1) is 0 Å². The molecular weight excluding hydrogens is 296 g/mol. The largest absolute Gasteiger partial charge is 0.457 e. The Bertz CT molecular complexity index is 643. The Morgan fingerprint density at radius 1 is 0.913 bits per heavy atom. The summed E-state index contributed by atoms with van der Waals surface area (Å²) in [7, 11) is 0. The molecule has 2 aromatic rings. The lowest BCUT2D eigenvalue weighted by Crippen LogP contribution is -1.95. The van der Waals surface area contributed by atoms with Crippen LogP contribution in [0.2, 0.25) is 0 Å². The summed E-state index contributed by atoms with van der Waals surface area (Å²) in [6.45, 7) is 1.59. The van der Waals surface area contributed by atoms with Crippen molar-refractivity contribution in [3.63, 3.8) is 0 Å². The van der Waals surface area contributed by atoms with E-state index in [9.17, 15) is 4.79 Å². The monoisotopic (exact) mass is 312 g/mol. The average Bonchev–Trinajstić information content (AvgIpc) is 2.51. The van der Waals surface area contributed by atoms with E-state index in [0.29, 0.717) is 6.42 Å².